The van der Waals surface area contributed by atoms with Gasteiger partial charge in [-0.25, -0.2) is 0 Å². The predicted molar refractivity (Wildman–Crippen MR) is 83.1 cm³/mol. The normalized spacial score (nSPS) is 10.2. The minimum atomic E-state index is -0.486. The Balaban J connectivity index is 2.44. The molecule has 0 spiro atoms. The topological polar surface area (TPSA) is 102 Å². The van der Waals surface area contributed by atoms with E-state index in [0.29, 0.717) is 21.3 Å². The lowest BCUT2D eigenvalue weighted by atomic mass is 10.2. The average molecular weight is 350 g/mol. The largest absolute Gasteiger partial charge is 0.449 e. The first-order valence-electron chi connectivity index (χ1n) is 5.96. The molecular weight excluding hydrogens is 338 g/mol. The van der Waals surface area contributed by atoms with Crippen molar-refractivity contribution in [3.8, 4) is 11.5 Å². The summed E-state index contributed by atoms with van der Waals surface area (Å²) < 4.78 is 6.23. The molecule has 0 bridgehead atoms. The lowest BCUT2D eigenvalue weighted by Crippen LogP contribution is -2.10. The van der Waals surface area contributed by atoms with Gasteiger partial charge in [0.15, 0.2) is 0 Å². The van der Waals surface area contributed by atoms with Gasteiger partial charge in [0.1, 0.15) is 11.6 Å². The van der Waals surface area contributed by atoms with E-state index in [-0.39, 0.29) is 17.3 Å². The summed E-state index contributed by atoms with van der Waals surface area (Å²) in [6.07, 6.45) is 0. The van der Waals surface area contributed by atoms with Crippen LogP contribution in [-0.2, 0) is 0 Å². The molecule has 0 atom stereocenters. The number of amidine groups is 1. The molecule has 3 N–H and O–H groups in total. The van der Waals surface area contributed by atoms with Gasteiger partial charge < -0.3 is 10.5 Å². The first kappa shape index (κ1) is 15.0. The van der Waals surface area contributed by atoms with Crippen LogP contribution in [0.4, 0.5) is 5.69 Å². The van der Waals surface area contributed by atoms with E-state index in [9.17, 15) is 10.1 Å². The van der Waals surface area contributed by atoms with Gasteiger partial charge in [-0.1, -0.05) is 12.1 Å². The van der Waals surface area contributed by atoms with Crippen molar-refractivity contribution in [2.75, 3.05) is 0 Å². The average Bonchev–Trinajstić information content (AvgIpc) is 2.42. The molecule has 6 nitrogen and oxygen atoms in total. The van der Waals surface area contributed by atoms with Crippen LogP contribution in [0.3, 0.4) is 0 Å². The highest BCUT2D eigenvalue weighted by Gasteiger charge is 2.18. The highest BCUT2D eigenvalue weighted by atomic mass is 79.9. The summed E-state index contributed by atoms with van der Waals surface area (Å²) in [7, 11) is 0. The highest BCUT2D eigenvalue weighted by molar-refractivity contribution is 9.10. The summed E-state index contributed by atoms with van der Waals surface area (Å²) >= 11 is 3.31. The monoisotopic (exact) mass is 349 g/mol. The smallest absolute Gasteiger partial charge is 0.311 e. The number of ether oxygens (including phenoxy) is 1. The minimum Gasteiger partial charge on any atom is -0.449 e. The molecule has 21 heavy (non-hydrogen) atoms. The van der Waals surface area contributed by atoms with Gasteiger partial charge in [-0.05, 0) is 46.6 Å². The number of benzene rings is 2. The molecule has 0 unspecified atom stereocenters. The van der Waals surface area contributed by atoms with Crippen molar-refractivity contribution in [1.29, 1.82) is 5.41 Å². The zero-order valence-electron chi connectivity index (χ0n) is 11.1. The number of aryl methyl sites for hydroxylation is 1. The second kappa shape index (κ2) is 5.92. The maximum Gasteiger partial charge on any atom is 0.311 e. The summed E-state index contributed by atoms with van der Waals surface area (Å²) in [5.74, 6) is 0.542. The third-order valence-electron chi connectivity index (χ3n) is 2.84. The zero-order chi connectivity index (χ0) is 15.6. The van der Waals surface area contributed by atoms with E-state index in [1.165, 1.54) is 6.07 Å². The van der Waals surface area contributed by atoms with E-state index < -0.39 is 4.92 Å². The summed E-state index contributed by atoms with van der Waals surface area (Å²) in [5, 5.41) is 18.4. The Morgan fingerprint density at radius 2 is 2.10 bits per heavy atom. The number of nitrogens with one attached hydrogen (secondary N) is 1. The molecule has 0 radical (unpaired) electrons. The molecule has 0 heterocycles. The van der Waals surface area contributed by atoms with Crippen molar-refractivity contribution in [1.82, 2.24) is 0 Å². The van der Waals surface area contributed by atoms with Gasteiger partial charge in [0, 0.05) is 11.6 Å². The number of halogens is 1. The number of para-hydroxylation sites is 1. The van der Waals surface area contributed by atoms with Gasteiger partial charge in [-0.2, -0.15) is 0 Å². The van der Waals surface area contributed by atoms with E-state index in [2.05, 4.69) is 15.9 Å². The fraction of sp³-hybridized carbons (Fsp3) is 0.0714. The SMILES string of the molecule is Cc1cccc([N+](=O)[O-])c1Oc1ccc(C(=N)N)cc1Br. The van der Waals surface area contributed by atoms with Gasteiger partial charge in [0.25, 0.3) is 0 Å². The van der Waals surface area contributed by atoms with Crippen molar-refractivity contribution in [3.63, 3.8) is 0 Å². The molecule has 0 aliphatic heterocycles. The predicted octanol–water partition coefficient (Wildman–Crippen LogP) is 3.74. The molecule has 0 saturated carbocycles. The molecule has 0 aliphatic carbocycles. The number of hydrogen-bond acceptors (Lipinski definition) is 4. The lowest BCUT2D eigenvalue weighted by molar-refractivity contribution is -0.385. The second-order valence-electron chi connectivity index (χ2n) is 4.34. The molecule has 7 heteroatoms. The molecule has 0 aliphatic rings. The molecule has 0 amide bonds. The maximum absolute atomic E-state index is 11.1. The molecular formula is C14H12BrN3O3. The quantitative estimate of drug-likeness (QED) is 0.379. The van der Waals surface area contributed by atoms with E-state index in [0.717, 1.165) is 0 Å². The summed E-state index contributed by atoms with van der Waals surface area (Å²) in [6.45, 7) is 1.74. The molecule has 2 aromatic carbocycles. The molecule has 2 rings (SSSR count). The van der Waals surface area contributed by atoms with Crippen LogP contribution in [0.5, 0.6) is 11.5 Å². The Morgan fingerprint density at radius 3 is 2.67 bits per heavy atom. The summed E-state index contributed by atoms with van der Waals surface area (Å²) in [4.78, 5) is 10.6. The van der Waals surface area contributed by atoms with Gasteiger partial charge in [-0.15, -0.1) is 0 Å². The molecule has 0 aromatic heterocycles. The van der Waals surface area contributed by atoms with Crippen LogP contribution in [-0.4, -0.2) is 10.8 Å². The fourth-order valence-corrected chi connectivity index (χ4v) is 2.23. The van der Waals surface area contributed by atoms with E-state index >= 15 is 0 Å². The van der Waals surface area contributed by atoms with Gasteiger partial charge in [-0.3, -0.25) is 15.5 Å². The van der Waals surface area contributed by atoms with Gasteiger partial charge in [0.2, 0.25) is 5.75 Å². The maximum atomic E-state index is 11.1. The third kappa shape index (κ3) is 3.19. The van der Waals surface area contributed by atoms with Crippen LogP contribution >= 0.6 is 15.9 Å². The van der Waals surface area contributed by atoms with E-state index in [1.54, 1.807) is 37.3 Å². The Labute approximate surface area is 129 Å². The number of nitrogen functional groups attached to an aromatic ring is 1. The molecule has 0 fully saturated rings. The van der Waals surface area contributed by atoms with Crippen LogP contribution < -0.4 is 10.5 Å². The van der Waals surface area contributed by atoms with Crippen molar-refractivity contribution in [3.05, 3.63) is 62.1 Å². The Bertz CT molecular complexity index is 731. The van der Waals surface area contributed by atoms with Crippen molar-refractivity contribution >= 4 is 27.5 Å². The Hall–Kier alpha value is -2.41. The van der Waals surface area contributed by atoms with E-state index in [4.69, 9.17) is 15.9 Å². The Morgan fingerprint density at radius 1 is 1.38 bits per heavy atom. The number of rotatable bonds is 4. The van der Waals surface area contributed by atoms with Crippen LogP contribution in [0, 0.1) is 22.4 Å². The Kier molecular flexibility index (Phi) is 4.23. The number of nitrogens with two attached hydrogens (primary N) is 1. The van der Waals surface area contributed by atoms with Gasteiger partial charge >= 0.3 is 5.69 Å². The highest BCUT2D eigenvalue weighted by Crippen LogP contribution is 2.37. The number of nitro benzene ring substituents is 1. The molecule has 2 aromatic rings. The molecule has 0 saturated heterocycles. The fourth-order valence-electron chi connectivity index (χ4n) is 1.77. The van der Waals surface area contributed by atoms with Crippen molar-refractivity contribution in [2.24, 2.45) is 5.73 Å². The van der Waals surface area contributed by atoms with Crippen molar-refractivity contribution < 1.29 is 9.66 Å². The minimum absolute atomic E-state index is 0.0656. The lowest BCUT2D eigenvalue weighted by Gasteiger charge is -2.11. The number of hydrogen-bond donors (Lipinski definition) is 2. The number of nitrogens with zero attached hydrogens (tertiary/aromatic N) is 1. The first-order chi connectivity index (χ1) is 9.90. The van der Waals surface area contributed by atoms with E-state index in [1.807, 2.05) is 0 Å². The molecule has 108 valence electrons. The summed E-state index contributed by atoms with van der Waals surface area (Å²) in [6, 6.07) is 9.58. The van der Waals surface area contributed by atoms with Gasteiger partial charge in [0.05, 0.1) is 9.40 Å². The third-order valence-corrected chi connectivity index (χ3v) is 3.46. The standard InChI is InChI=1S/C14H12BrN3O3/c1-8-3-2-4-11(18(19)20)13(8)21-12-6-5-9(14(16)17)7-10(12)15/h2-7H,1H3,(H3,16,17). The number of nitro groups is 1. The van der Waals surface area contributed by atoms with Crippen LogP contribution in [0.2, 0.25) is 0 Å². The second-order valence-corrected chi connectivity index (χ2v) is 5.20. The van der Waals surface area contributed by atoms with Crippen molar-refractivity contribution in [2.45, 2.75) is 6.92 Å². The summed E-state index contributed by atoms with van der Waals surface area (Å²) in [5.41, 5.74) is 6.50. The van der Waals surface area contributed by atoms with Crippen LogP contribution in [0.25, 0.3) is 0 Å². The zero-order valence-corrected chi connectivity index (χ0v) is 12.7. The van der Waals surface area contributed by atoms with Crippen LogP contribution in [0.1, 0.15) is 11.1 Å². The first-order valence-corrected chi connectivity index (χ1v) is 6.75. The van der Waals surface area contributed by atoms with Crippen LogP contribution in [0.15, 0.2) is 40.9 Å².